The van der Waals surface area contributed by atoms with Crippen molar-refractivity contribution in [2.45, 2.75) is 66.0 Å². The SMILES string of the molecule is CCCOC1CCCN(C(CNCC(C)C)C(C)C)C1. The van der Waals surface area contributed by atoms with Gasteiger partial charge in [-0.15, -0.1) is 0 Å². The van der Waals surface area contributed by atoms with Gasteiger partial charge in [-0.1, -0.05) is 34.6 Å². The summed E-state index contributed by atoms with van der Waals surface area (Å²) in [6.45, 7) is 16.9. The lowest BCUT2D eigenvalue weighted by molar-refractivity contribution is -0.0185. The molecule has 0 aromatic heterocycles. The first kappa shape index (κ1) is 17.9. The minimum Gasteiger partial charge on any atom is -0.377 e. The van der Waals surface area contributed by atoms with E-state index in [1.54, 1.807) is 0 Å². The van der Waals surface area contributed by atoms with Gasteiger partial charge in [0, 0.05) is 25.7 Å². The summed E-state index contributed by atoms with van der Waals surface area (Å²) in [5.41, 5.74) is 0. The summed E-state index contributed by atoms with van der Waals surface area (Å²) < 4.78 is 5.97. The van der Waals surface area contributed by atoms with Crippen LogP contribution in [-0.2, 0) is 4.74 Å². The summed E-state index contributed by atoms with van der Waals surface area (Å²) in [4.78, 5) is 2.65. The molecule has 1 heterocycles. The summed E-state index contributed by atoms with van der Waals surface area (Å²) in [7, 11) is 0. The van der Waals surface area contributed by atoms with Gasteiger partial charge in [-0.25, -0.2) is 0 Å². The normalized spacial score (nSPS) is 22.6. The molecule has 0 aliphatic carbocycles. The third-order valence-electron chi connectivity index (χ3n) is 4.11. The van der Waals surface area contributed by atoms with Crippen molar-refractivity contribution in [3.63, 3.8) is 0 Å². The molecule has 1 aliphatic heterocycles. The first-order chi connectivity index (χ1) is 9.54. The lowest BCUT2D eigenvalue weighted by Crippen LogP contribution is -2.51. The molecular formula is C17H36N2O. The van der Waals surface area contributed by atoms with Crippen molar-refractivity contribution in [3.8, 4) is 0 Å². The van der Waals surface area contributed by atoms with Crippen LogP contribution in [0.25, 0.3) is 0 Å². The molecule has 2 atom stereocenters. The van der Waals surface area contributed by atoms with Crippen LogP contribution in [-0.4, -0.2) is 49.8 Å². The third-order valence-corrected chi connectivity index (χ3v) is 4.11. The Hall–Kier alpha value is -0.120. The number of likely N-dealkylation sites (tertiary alicyclic amines) is 1. The molecule has 3 heteroatoms. The molecule has 0 spiro atoms. The number of ether oxygens (including phenoxy) is 1. The summed E-state index contributed by atoms with van der Waals surface area (Å²) in [6.07, 6.45) is 4.10. The molecule has 0 saturated carbocycles. The lowest BCUT2D eigenvalue weighted by Gasteiger charge is -2.40. The van der Waals surface area contributed by atoms with Crippen molar-refractivity contribution < 1.29 is 4.74 Å². The quantitative estimate of drug-likeness (QED) is 0.704. The largest absolute Gasteiger partial charge is 0.377 e. The predicted molar refractivity (Wildman–Crippen MR) is 87.2 cm³/mol. The van der Waals surface area contributed by atoms with Gasteiger partial charge in [0.1, 0.15) is 0 Å². The van der Waals surface area contributed by atoms with Gasteiger partial charge in [-0.05, 0) is 44.2 Å². The Morgan fingerprint density at radius 1 is 1.20 bits per heavy atom. The van der Waals surface area contributed by atoms with Crippen LogP contribution in [0.15, 0.2) is 0 Å². The fraction of sp³-hybridized carbons (Fsp3) is 1.00. The number of nitrogens with one attached hydrogen (secondary N) is 1. The van der Waals surface area contributed by atoms with Gasteiger partial charge in [-0.3, -0.25) is 4.90 Å². The number of rotatable bonds is 9. The highest BCUT2D eigenvalue weighted by molar-refractivity contribution is 4.83. The van der Waals surface area contributed by atoms with E-state index < -0.39 is 0 Å². The van der Waals surface area contributed by atoms with Gasteiger partial charge in [0.2, 0.25) is 0 Å². The lowest BCUT2D eigenvalue weighted by atomic mass is 9.98. The molecule has 0 aromatic rings. The van der Waals surface area contributed by atoms with Crippen molar-refractivity contribution in [1.82, 2.24) is 10.2 Å². The molecular weight excluding hydrogens is 248 g/mol. The maximum absolute atomic E-state index is 5.97. The standard InChI is InChI=1S/C17H36N2O/c1-6-10-20-16-8-7-9-19(13-16)17(15(4)5)12-18-11-14(2)3/h14-18H,6-13H2,1-5H3. The molecule has 120 valence electrons. The van der Waals surface area contributed by atoms with E-state index in [-0.39, 0.29) is 0 Å². The summed E-state index contributed by atoms with van der Waals surface area (Å²) in [5, 5.41) is 3.64. The minimum atomic E-state index is 0.454. The first-order valence-corrected chi connectivity index (χ1v) is 8.60. The number of nitrogens with zero attached hydrogens (tertiary/aromatic N) is 1. The average molecular weight is 284 g/mol. The van der Waals surface area contributed by atoms with E-state index in [1.165, 1.54) is 19.4 Å². The Labute approximate surface area is 126 Å². The number of piperidine rings is 1. The molecule has 0 amide bonds. The summed E-state index contributed by atoms with van der Waals surface area (Å²) in [5.74, 6) is 1.42. The van der Waals surface area contributed by atoms with E-state index in [9.17, 15) is 0 Å². The predicted octanol–water partition coefficient (Wildman–Crippen LogP) is 3.15. The third kappa shape index (κ3) is 6.55. The highest BCUT2D eigenvalue weighted by Crippen LogP contribution is 2.19. The summed E-state index contributed by atoms with van der Waals surface area (Å²) in [6, 6.07) is 0.641. The van der Waals surface area contributed by atoms with Crippen LogP contribution in [0.3, 0.4) is 0 Å². The van der Waals surface area contributed by atoms with Crippen LogP contribution in [0.5, 0.6) is 0 Å². The molecule has 1 aliphatic rings. The van der Waals surface area contributed by atoms with Crippen LogP contribution in [0, 0.1) is 11.8 Å². The highest BCUT2D eigenvalue weighted by atomic mass is 16.5. The maximum atomic E-state index is 5.97. The van der Waals surface area contributed by atoms with Gasteiger partial charge >= 0.3 is 0 Å². The van der Waals surface area contributed by atoms with E-state index in [2.05, 4.69) is 44.8 Å². The van der Waals surface area contributed by atoms with Gasteiger partial charge in [0.25, 0.3) is 0 Å². The summed E-state index contributed by atoms with van der Waals surface area (Å²) >= 11 is 0. The molecule has 3 nitrogen and oxygen atoms in total. The monoisotopic (exact) mass is 284 g/mol. The Balaban J connectivity index is 2.44. The van der Waals surface area contributed by atoms with Gasteiger partial charge < -0.3 is 10.1 Å². The first-order valence-electron chi connectivity index (χ1n) is 8.60. The molecule has 1 saturated heterocycles. The number of hydrogen-bond acceptors (Lipinski definition) is 3. The molecule has 1 rings (SSSR count). The zero-order valence-electron chi connectivity index (χ0n) is 14.3. The van der Waals surface area contributed by atoms with Crippen LogP contribution < -0.4 is 5.32 Å². The topological polar surface area (TPSA) is 24.5 Å². The number of hydrogen-bond donors (Lipinski definition) is 1. The molecule has 1 fully saturated rings. The van der Waals surface area contributed by atoms with Crippen molar-refractivity contribution in [2.75, 3.05) is 32.8 Å². The Morgan fingerprint density at radius 3 is 2.55 bits per heavy atom. The average Bonchev–Trinajstić information content (AvgIpc) is 2.41. The Kier molecular flexibility index (Phi) is 8.74. The second kappa shape index (κ2) is 9.75. The van der Waals surface area contributed by atoms with Crippen LogP contribution in [0.2, 0.25) is 0 Å². The smallest absolute Gasteiger partial charge is 0.0702 e. The molecule has 0 aromatic carbocycles. The van der Waals surface area contributed by atoms with Gasteiger partial charge in [-0.2, -0.15) is 0 Å². The van der Waals surface area contributed by atoms with Gasteiger partial charge in [0.05, 0.1) is 6.10 Å². The second-order valence-corrected chi connectivity index (χ2v) is 6.99. The van der Waals surface area contributed by atoms with Crippen molar-refractivity contribution >= 4 is 0 Å². The molecule has 0 bridgehead atoms. The molecule has 20 heavy (non-hydrogen) atoms. The maximum Gasteiger partial charge on any atom is 0.0702 e. The van der Waals surface area contributed by atoms with Crippen molar-refractivity contribution in [2.24, 2.45) is 11.8 Å². The highest BCUT2D eigenvalue weighted by Gasteiger charge is 2.27. The fourth-order valence-electron chi connectivity index (χ4n) is 2.99. The molecule has 1 N–H and O–H groups in total. The second-order valence-electron chi connectivity index (χ2n) is 6.99. The van der Waals surface area contributed by atoms with Crippen molar-refractivity contribution in [3.05, 3.63) is 0 Å². The molecule has 0 radical (unpaired) electrons. The van der Waals surface area contributed by atoms with Crippen LogP contribution in [0.4, 0.5) is 0 Å². The molecule has 2 unspecified atom stereocenters. The van der Waals surface area contributed by atoms with E-state index in [1.807, 2.05) is 0 Å². The van der Waals surface area contributed by atoms with E-state index >= 15 is 0 Å². The van der Waals surface area contributed by atoms with E-state index in [4.69, 9.17) is 4.74 Å². The zero-order valence-corrected chi connectivity index (χ0v) is 14.3. The van der Waals surface area contributed by atoms with E-state index in [0.717, 1.165) is 38.6 Å². The minimum absolute atomic E-state index is 0.454. The Morgan fingerprint density at radius 2 is 1.95 bits per heavy atom. The van der Waals surface area contributed by atoms with Crippen molar-refractivity contribution in [1.29, 1.82) is 0 Å². The van der Waals surface area contributed by atoms with Crippen LogP contribution >= 0.6 is 0 Å². The van der Waals surface area contributed by atoms with Gasteiger partial charge in [0.15, 0.2) is 0 Å². The van der Waals surface area contributed by atoms with E-state index in [0.29, 0.717) is 18.1 Å². The Bertz CT molecular complexity index is 243. The van der Waals surface area contributed by atoms with Crippen LogP contribution in [0.1, 0.15) is 53.9 Å². The zero-order chi connectivity index (χ0) is 15.0. The fourth-order valence-corrected chi connectivity index (χ4v) is 2.99.